The summed E-state index contributed by atoms with van der Waals surface area (Å²) in [7, 11) is 3.01. The van der Waals surface area contributed by atoms with E-state index in [4.69, 9.17) is 14.2 Å². The van der Waals surface area contributed by atoms with Crippen LogP contribution in [0.1, 0.15) is 16.2 Å². The fraction of sp³-hybridized carbons (Fsp3) is 0.176. The van der Waals surface area contributed by atoms with Crippen LogP contribution in [0.25, 0.3) is 5.69 Å². The average molecular weight is 419 g/mol. The third kappa shape index (κ3) is 3.67. The van der Waals surface area contributed by atoms with Crippen molar-refractivity contribution in [2.75, 3.05) is 14.2 Å². The van der Waals surface area contributed by atoms with Crippen LogP contribution >= 0.6 is 15.9 Å². The summed E-state index contributed by atoms with van der Waals surface area (Å²) in [4.78, 5) is 12.4. The van der Waals surface area contributed by atoms with Gasteiger partial charge < -0.3 is 14.2 Å². The Morgan fingerprint density at radius 2 is 1.77 bits per heavy atom. The van der Waals surface area contributed by atoms with Gasteiger partial charge in [-0.2, -0.15) is 4.68 Å². The first kappa shape index (κ1) is 17.9. The Hall–Kier alpha value is -2.94. The number of carbonyl (C=O) groups excluding carboxylic acids is 1. The molecule has 26 heavy (non-hydrogen) atoms. The highest BCUT2D eigenvalue weighted by atomic mass is 79.9. The molecule has 2 aromatic carbocycles. The number of halogens is 1. The highest BCUT2D eigenvalue weighted by molar-refractivity contribution is 9.10. The molecule has 3 rings (SSSR count). The molecule has 0 aliphatic heterocycles. The molecule has 0 spiro atoms. The van der Waals surface area contributed by atoms with Crippen LogP contribution in [0.4, 0.5) is 0 Å². The zero-order chi connectivity index (χ0) is 18.5. The highest BCUT2D eigenvalue weighted by Crippen LogP contribution is 2.35. The van der Waals surface area contributed by atoms with E-state index in [1.807, 2.05) is 30.3 Å². The zero-order valence-electron chi connectivity index (χ0n) is 14.0. The van der Waals surface area contributed by atoms with E-state index < -0.39 is 5.97 Å². The molecule has 0 fully saturated rings. The molecule has 0 saturated heterocycles. The van der Waals surface area contributed by atoms with Crippen molar-refractivity contribution in [2.45, 2.75) is 6.61 Å². The van der Waals surface area contributed by atoms with Crippen LogP contribution in [-0.4, -0.2) is 40.4 Å². The summed E-state index contributed by atoms with van der Waals surface area (Å²) in [6.07, 6.45) is 0. The lowest BCUT2D eigenvalue weighted by molar-refractivity contribution is 0.0458. The number of carbonyl (C=O) groups is 1. The summed E-state index contributed by atoms with van der Waals surface area (Å²) in [5, 5.41) is 11.5. The predicted molar refractivity (Wildman–Crippen MR) is 95.5 cm³/mol. The molecule has 1 aromatic heterocycles. The number of hydrogen-bond donors (Lipinski definition) is 0. The van der Waals surface area contributed by atoms with Gasteiger partial charge in [0.15, 0.2) is 12.4 Å². The summed E-state index contributed by atoms with van der Waals surface area (Å²) in [6.45, 7) is -0.0819. The molecule has 0 atom stereocenters. The van der Waals surface area contributed by atoms with Crippen LogP contribution in [0.3, 0.4) is 0 Å². The normalized spacial score (nSPS) is 10.4. The van der Waals surface area contributed by atoms with Crippen LogP contribution in [0.2, 0.25) is 0 Å². The number of aromatic nitrogens is 4. The van der Waals surface area contributed by atoms with E-state index in [2.05, 4.69) is 31.5 Å². The van der Waals surface area contributed by atoms with Gasteiger partial charge in [-0.3, -0.25) is 0 Å². The van der Waals surface area contributed by atoms with Gasteiger partial charge in [0.2, 0.25) is 0 Å². The lowest BCUT2D eigenvalue weighted by Crippen LogP contribution is -2.10. The molecule has 3 aromatic rings. The number of para-hydroxylation sites is 1. The van der Waals surface area contributed by atoms with Gasteiger partial charge >= 0.3 is 5.97 Å². The van der Waals surface area contributed by atoms with E-state index in [-0.39, 0.29) is 6.61 Å². The van der Waals surface area contributed by atoms with Crippen LogP contribution < -0.4 is 9.47 Å². The fourth-order valence-corrected chi connectivity index (χ4v) is 2.82. The third-order valence-corrected chi connectivity index (χ3v) is 4.33. The first-order chi connectivity index (χ1) is 12.6. The van der Waals surface area contributed by atoms with Crippen molar-refractivity contribution >= 4 is 21.9 Å². The summed E-state index contributed by atoms with van der Waals surface area (Å²) in [5.41, 5.74) is 1.07. The molecule has 1 heterocycles. The predicted octanol–water partition coefficient (Wildman–Crippen LogP) is 2.80. The van der Waals surface area contributed by atoms with E-state index in [1.165, 1.54) is 18.9 Å². The lowest BCUT2D eigenvalue weighted by Gasteiger charge is -2.11. The Morgan fingerprint density at radius 1 is 1.12 bits per heavy atom. The van der Waals surface area contributed by atoms with E-state index >= 15 is 0 Å². The molecule has 0 bridgehead atoms. The summed E-state index contributed by atoms with van der Waals surface area (Å²) >= 11 is 3.36. The number of hydrogen-bond acceptors (Lipinski definition) is 7. The van der Waals surface area contributed by atoms with Gasteiger partial charge in [-0.1, -0.05) is 18.2 Å². The van der Waals surface area contributed by atoms with Gasteiger partial charge in [-0.05, 0) is 50.6 Å². The first-order valence-corrected chi connectivity index (χ1v) is 8.34. The van der Waals surface area contributed by atoms with Crippen molar-refractivity contribution in [1.29, 1.82) is 0 Å². The maximum atomic E-state index is 12.4. The van der Waals surface area contributed by atoms with Gasteiger partial charge in [-0.15, -0.1) is 5.10 Å². The number of ether oxygens (including phenoxy) is 3. The molecule has 8 nitrogen and oxygen atoms in total. The number of rotatable bonds is 6. The number of tetrazole rings is 1. The average Bonchev–Trinajstić information content (AvgIpc) is 3.15. The van der Waals surface area contributed by atoms with Crippen molar-refractivity contribution in [3.8, 4) is 17.2 Å². The minimum absolute atomic E-state index is 0.0819. The van der Waals surface area contributed by atoms with Crippen LogP contribution in [0.15, 0.2) is 46.9 Å². The smallest absolute Gasteiger partial charge is 0.338 e. The molecular formula is C17H15BrN4O4. The van der Waals surface area contributed by atoms with Gasteiger partial charge in [0.05, 0.1) is 25.5 Å². The van der Waals surface area contributed by atoms with Gasteiger partial charge in [0, 0.05) is 0 Å². The Labute approximate surface area is 157 Å². The lowest BCUT2D eigenvalue weighted by atomic mass is 10.2. The maximum Gasteiger partial charge on any atom is 0.338 e. The van der Waals surface area contributed by atoms with E-state index in [1.54, 1.807) is 12.1 Å². The Bertz CT molecular complexity index is 889. The minimum Gasteiger partial charge on any atom is -0.495 e. The van der Waals surface area contributed by atoms with E-state index in [0.29, 0.717) is 27.4 Å². The standard InChI is InChI=1S/C17H15BrN4O4/c1-24-13-8-11(9-14(25-2)16(13)18)17(23)26-10-15-19-20-21-22(15)12-6-4-3-5-7-12/h3-9H,10H2,1-2H3. The second-order valence-corrected chi connectivity index (χ2v) is 5.91. The van der Waals surface area contributed by atoms with Crippen LogP contribution in [0.5, 0.6) is 11.5 Å². The summed E-state index contributed by atoms with van der Waals surface area (Å²) in [5.74, 6) is 0.785. The van der Waals surface area contributed by atoms with E-state index in [9.17, 15) is 4.79 Å². The van der Waals surface area contributed by atoms with E-state index in [0.717, 1.165) is 5.69 Å². The topological polar surface area (TPSA) is 88.4 Å². The van der Waals surface area contributed by atoms with Crippen molar-refractivity contribution in [1.82, 2.24) is 20.2 Å². The number of methoxy groups -OCH3 is 2. The molecule has 0 N–H and O–H groups in total. The molecular weight excluding hydrogens is 404 g/mol. The van der Waals surface area contributed by atoms with Crippen molar-refractivity contribution in [2.24, 2.45) is 0 Å². The van der Waals surface area contributed by atoms with Gasteiger partial charge in [-0.25, -0.2) is 4.79 Å². The quantitative estimate of drug-likeness (QED) is 0.568. The van der Waals surface area contributed by atoms with Crippen molar-refractivity contribution in [3.63, 3.8) is 0 Å². The molecule has 134 valence electrons. The van der Waals surface area contributed by atoms with Crippen molar-refractivity contribution < 1.29 is 19.0 Å². The van der Waals surface area contributed by atoms with Gasteiger partial charge in [0.1, 0.15) is 16.0 Å². The molecule has 0 aliphatic rings. The largest absolute Gasteiger partial charge is 0.495 e. The van der Waals surface area contributed by atoms with Crippen LogP contribution in [-0.2, 0) is 11.3 Å². The monoisotopic (exact) mass is 418 g/mol. The molecule has 9 heteroatoms. The Kier molecular flexibility index (Phi) is 5.47. The highest BCUT2D eigenvalue weighted by Gasteiger charge is 2.17. The SMILES string of the molecule is COc1cc(C(=O)OCc2nnnn2-c2ccccc2)cc(OC)c1Br. The molecule has 0 saturated carbocycles. The molecule has 0 radical (unpaired) electrons. The number of nitrogens with zero attached hydrogens (tertiary/aromatic N) is 4. The number of esters is 1. The first-order valence-electron chi connectivity index (χ1n) is 7.55. The van der Waals surface area contributed by atoms with Gasteiger partial charge in [0.25, 0.3) is 0 Å². The molecule has 0 unspecified atom stereocenters. The second-order valence-electron chi connectivity index (χ2n) is 5.11. The zero-order valence-corrected chi connectivity index (χ0v) is 15.6. The molecule has 0 amide bonds. The summed E-state index contributed by atoms with van der Waals surface area (Å²) < 4.78 is 17.9. The Morgan fingerprint density at radius 3 is 2.38 bits per heavy atom. The summed E-state index contributed by atoms with van der Waals surface area (Å²) in [6, 6.07) is 12.5. The third-order valence-electron chi connectivity index (χ3n) is 3.55. The van der Waals surface area contributed by atoms with Crippen LogP contribution in [0, 0.1) is 0 Å². The molecule has 0 aliphatic carbocycles. The Balaban J connectivity index is 1.78. The maximum absolute atomic E-state index is 12.4. The fourth-order valence-electron chi connectivity index (χ4n) is 2.27. The second kappa shape index (κ2) is 7.96. The number of benzene rings is 2. The minimum atomic E-state index is -0.545. The van der Waals surface area contributed by atoms with Crippen molar-refractivity contribution in [3.05, 3.63) is 58.3 Å².